The number of hydrogen-bond acceptors (Lipinski definition) is 3. The second-order valence-corrected chi connectivity index (χ2v) is 9.15. The van der Waals surface area contributed by atoms with Crippen molar-refractivity contribution in [2.75, 3.05) is 19.6 Å². The van der Waals surface area contributed by atoms with E-state index in [1.54, 1.807) is 6.07 Å². The second-order valence-electron chi connectivity index (χ2n) is 9.15. The first-order chi connectivity index (χ1) is 15.7. The number of aliphatic hydroxyl groups is 1. The van der Waals surface area contributed by atoms with Crippen molar-refractivity contribution in [2.24, 2.45) is 0 Å². The molecule has 0 aliphatic rings. The molecule has 1 unspecified atom stereocenters. The Balaban J connectivity index is 1.74. The molecular formula is C29H41NO2. The maximum Gasteiger partial charge on any atom is 0.123 e. The molecule has 0 bridgehead atoms. The molecule has 3 heteroatoms. The summed E-state index contributed by atoms with van der Waals surface area (Å²) in [4.78, 5) is 2.55. The Labute approximate surface area is 194 Å². The van der Waals surface area contributed by atoms with Gasteiger partial charge in [0, 0.05) is 11.9 Å². The Bertz CT molecular complexity index is 956. The molecule has 3 aromatic rings. The summed E-state index contributed by atoms with van der Waals surface area (Å²) >= 11 is 0. The summed E-state index contributed by atoms with van der Waals surface area (Å²) in [6, 6.07) is 15.9. The van der Waals surface area contributed by atoms with Gasteiger partial charge in [0.25, 0.3) is 0 Å². The van der Waals surface area contributed by atoms with Crippen LogP contribution < -0.4 is 0 Å². The molecule has 0 spiro atoms. The third kappa shape index (κ3) is 6.46. The molecule has 0 aliphatic heterocycles. The predicted molar refractivity (Wildman–Crippen MR) is 137 cm³/mol. The van der Waals surface area contributed by atoms with E-state index in [1.165, 1.54) is 51.4 Å². The van der Waals surface area contributed by atoms with Gasteiger partial charge in [-0.15, -0.1) is 0 Å². The van der Waals surface area contributed by atoms with E-state index in [4.69, 9.17) is 0 Å². The van der Waals surface area contributed by atoms with Crippen molar-refractivity contribution in [3.8, 4) is 5.75 Å². The summed E-state index contributed by atoms with van der Waals surface area (Å²) in [6.45, 7) is 7.66. The molecule has 0 fully saturated rings. The number of nitrogens with zero attached hydrogens (tertiary/aromatic N) is 1. The van der Waals surface area contributed by atoms with Crippen molar-refractivity contribution in [3.05, 3.63) is 54.1 Å². The number of aliphatic hydroxyl groups excluding tert-OH is 1. The van der Waals surface area contributed by atoms with E-state index in [0.29, 0.717) is 6.42 Å². The van der Waals surface area contributed by atoms with Gasteiger partial charge in [-0.05, 0) is 66.2 Å². The zero-order valence-electron chi connectivity index (χ0n) is 20.0. The highest BCUT2D eigenvalue weighted by Crippen LogP contribution is 2.36. The fourth-order valence-electron chi connectivity index (χ4n) is 4.74. The first-order valence-electron chi connectivity index (χ1n) is 12.7. The number of unbranched alkanes of at least 4 members (excludes halogenated alkanes) is 6. The molecule has 3 rings (SSSR count). The van der Waals surface area contributed by atoms with Crippen LogP contribution in [-0.4, -0.2) is 34.7 Å². The molecule has 174 valence electrons. The summed E-state index contributed by atoms with van der Waals surface area (Å²) < 4.78 is 0. The Morgan fingerprint density at radius 2 is 1.28 bits per heavy atom. The van der Waals surface area contributed by atoms with Crippen molar-refractivity contribution in [3.63, 3.8) is 0 Å². The van der Waals surface area contributed by atoms with Crippen LogP contribution in [0.1, 0.15) is 83.3 Å². The summed E-state index contributed by atoms with van der Waals surface area (Å²) in [6.07, 6.45) is 10.4. The molecule has 0 aliphatic carbocycles. The van der Waals surface area contributed by atoms with Crippen LogP contribution in [0.15, 0.2) is 48.5 Å². The fraction of sp³-hybridized carbons (Fsp3) is 0.517. The molecule has 0 saturated carbocycles. The molecule has 0 heterocycles. The topological polar surface area (TPSA) is 43.7 Å². The van der Waals surface area contributed by atoms with Crippen molar-refractivity contribution in [2.45, 2.75) is 77.7 Å². The zero-order chi connectivity index (χ0) is 22.8. The lowest BCUT2D eigenvalue weighted by molar-refractivity contribution is 0.141. The van der Waals surface area contributed by atoms with Gasteiger partial charge in [0.15, 0.2) is 0 Å². The number of phenolic OH excluding ortho intramolecular Hbond substituents is 1. The average molecular weight is 436 g/mol. The minimum absolute atomic E-state index is 0.273. The fourth-order valence-corrected chi connectivity index (χ4v) is 4.74. The van der Waals surface area contributed by atoms with Crippen molar-refractivity contribution < 1.29 is 10.2 Å². The number of aromatic hydroxyl groups is 1. The van der Waals surface area contributed by atoms with E-state index < -0.39 is 6.10 Å². The third-order valence-corrected chi connectivity index (χ3v) is 6.64. The molecule has 0 amide bonds. The zero-order valence-corrected chi connectivity index (χ0v) is 20.0. The lowest BCUT2D eigenvalue weighted by atomic mass is 9.93. The SMILES string of the molecule is CCCCCCN(CCCCCC)CCC(O)c1cc2c(O)cccc2c2ccccc12. The summed E-state index contributed by atoms with van der Waals surface area (Å²) in [5, 5.41) is 25.7. The molecular weight excluding hydrogens is 394 g/mol. The maximum absolute atomic E-state index is 11.2. The molecule has 3 aromatic carbocycles. The van der Waals surface area contributed by atoms with Gasteiger partial charge in [0.1, 0.15) is 5.75 Å². The van der Waals surface area contributed by atoms with Crippen LogP contribution in [-0.2, 0) is 0 Å². The highest BCUT2D eigenvalue weighted by molar-refractivity contribution is 6.10. The monoisotopic (exact) mass is 435 g/mol. The third-order valence-electron chi connectivity index (χ3n) is 6.64. The number of rotatable bonds is 14. The van der Waals surface area contributed by atoms with Crippen LogP contribution in [0.2, 0.25) is 0 Å². The van der Waals surface area contributed by atoms with Gasteiger partial charge in [-0.2, -0.15) is 0 Å². The lowest BCUT2D eigenvalue weighted by Crippen LogP contribution is -2.28. The first-order valence-corrected chi connectivity index (χ1v) is 12.7. The Morgan fingerprint density at radius 1 is 0.688 bits per heavy atom. The van der Waals surface area contributed by atoms with Crippen LogP contribution >= 0.6 is 0 Å². The minimum atomic E-state index is -0.544. The molecule has 3 nitrogen and oxygen atoms in total. The first kappa shape index (κ1) is 24.5. The van der Waals surface area contributed by atoms with Gasteiger partial charge in [-0.3, -0.25) is 0 Å². The summed E-state index contributed by atoms with van der Waals surface area (Å²) in [7, 11) is 0. The van der Waals surface area contributed by atoms with Gasteiger partial charge in [-0.25, -0.2) is 0 Å². The highest BCUT2D eigenvalue weighted by atomic mass is 16.3. The van der Waals surface area contributed by atoms with Crippen LogP contribution in [0.3, 0.4) is 0 Å². The van der Waals surface area contributed by atoms with E-state index in [0.717, 1.165) is 46.7 Å². The summed E-state index contributed by atoms with van der Waals surface area (Å²) in [5.41, 5.74) is 0.923. The van der Waals surface area contributed by atoms with Gasteiger partial charge in [0.05, 0.1) is 6.10 Å². The lowest BCUT2D eigenvalue weighted by Gasteiger charge is -2.24. The number of hydrogen-bond donors (Lipinski definition) is 2. The standard InChI is InChI=1S/C29H41NO2/c1-3-5-7-11-19-30(20-12-8-6-4-2)21-18-29(32)27-22-26-25(16-13-17-28(26)31)23-14-9-10-15-24(23)27/h9-10,13-17,22,29,31-32H,3-8,11-12,18-21H2,1-2H3. The van der Waals surface area contributed by atoms with Crippen molar-refractivity contribution >= 4 is 21.5 Å². The second kappa shape index (κ2) is 12.8. The van der Waals surface area contributed by atoms with E-state index in [-0.39, 0.29) is 5.75 Å². The van der Waals surface area contributed by atoms with Gasteiger partial charge in [0.2, 0.25) is 0 Å². The van der Waals surface area contributed by atoms with E-state index >= 15 is 0 Å². The Kier molecular flexibility index (Phi) is 9.83. The molecule has 2 N–H and O–H groups in total. The Morgan fingerprint density at radius 3 is 1.94 bits per heavy atom. The van der Waals surface area contributed by atoms with Gasteiger partial charge < -0.3 is 15.1 Å². The van der Waals surface area contributed by atoms with Crippen LogP contribution in [0.5, 0.6) is 5.75 Å². The van der Waals surface area contributed by atoms with Crippen molar-refractivity contribution in [1.82, 2.24) is 4.90 Å². The normalized spacial score (nSPS) is 12.8. The molecule has 0 saturated heterocycles. The molecule has 0 aromatic heterocycles. The largest absolute Gasteiger partial charge is 0.507 e. The van der Waals surface area contributed by atoms with E-state index in [9.17, 15) is 10.2 Å². The maximum atomic E-state index is 11.2. The highest BCUT2D eigenvalue weighted by Gasteiger charge is 2.16. The summed E-state index contributed by atoms with van der Waals surface area (Å²) in [5.74, 6) is 0.273. The molecule has 32 heavy (non-hydrogen) atoms. The number of benzene rings is 3. The van der Waals surface area contributed by atoms with Crippen LogP contribution in [0.25, 0.3) is 21.5 Å². The van der Waals surface area contributed by atoms with Gasteiger partial charge in [-0.1, -0.05) is 88.8 Å². The number of fused-ring (bicyclic) bond motifs is 3. The average Bonchev–Trinajstić information content (AvgIpc) is 2.82. The quantitative estimate of drug-likeness (QED) is 0.202. The minimum Gasteiger partial charge on any atom is -0.507 e. The molecule has 1 atom stereocenters. The van der Waals surface area contributed by atoms with Crippen LogP contribution in [0.4, 0.5) is 0 Å². The predicted octanol–water partition coefficient (Wildman–Crippen LogP) is 7.58. The Hall–Kier alpha value is -2.10. The number of phenols is 1. The van der Waals surface area contributed by atoms with Gasteiger partial charge >= 0.3 is 0 Å². The van der Waals surface area contributed by atoms with E-state index in [1.807, 2.05) is 30.3 Å². The van der Waals surface area contributed by atoms with E-state index in [2.05, 4.69) is 30.9 Å². The van der Waals surface area contributed by atoms with Crippen molar-refractivity contribution in [1.29, 1.82) is 0 Å². The van der Waals surface area contributed by atoms with Crippen LogP contribution in [0, 0.1) is 0 Å². The smallest absolute Gasteiger partial charge is 0.123 e. The molecule has 0 radical (unpaired) electrons.